The number of amides is 1. The van der Waals surface area contributed by atoms with Crippen LogP contribution in [0.3, 0.4) is 0 Å². The number of carbonyl (C=O) groups is 1. The summed E-state index contributed by atoms with van der Waals surface area (Å²) in [7, 11) is 3.46. The molecule has 2 aromatic heterocycles. The van der Waals surface area contributed by atoms with E-state index in [9.17, 15) is 4.79 Å². The van der Waals surface area contributed by atoms with Crippen molar-refractivity contribution in [3.05, 3.63) is 78.0 Å². The molecule has 0 saturated heterocycles. The topological polar surface area (TPSA) is 69.0 Å². The highest BCUT2D eigenvalue weighted by Gasteiger charge is 2.16. The summed E-state index contributed by atoms with van der Waals surface area (Å²) in [6.07, 6.45) is 3.50. The molecule has 6 nitrogen and oxygen atoms in total. The number of hydrogen-bond acceptors (Lipinski definition) is 4. The second-order valence-corrected chi connectivity index (χ2v) is 7.13. The number of fused-ring (bicyclic) bond motifs is 1. The molecule has 4 aromatic rings. The highest BCUT2D eigenvalue weighted by Crippen LogP contribution is 2.26. The van der Waals surface area contributed by atoms with Crippen molar-refractivity contribution in [1.82, 2.24) is 20.1 Å². The summed E-state index contributed by atoms with van der Waals surface area (Å²) in [5, 5.41) is 8.08. The second kappa shape index (κ2) is 8.78. The van der Waals surface area contributed by atoms with Crippen molar-refractivity contribution >= 4 is 16.9 Å². The SMILES string of the molecule is COc1ccc(-c2cc(C(=O)NCCCc3ccccc3)c3cnn(C)c3n2)cc1. The molecule has 0 radical (unpaired) electrons. The Bertz CT molecular complexity index is 1150. The van der Waals surface area contributed by atoms with E-state index in [0.29, 0.717) is 17.8 Å². The Hall–Kier alpha value is -3.67. The van der Waals surface area contributed by atoms with Crippen molar-refractivity contribution in [2.45, 2.75) is 12.8 Å². The number of methoxy groups -OCH3 is 1. The summed E-state index contributed by atoms with van der Waals surface area (Å²) in [6.45, 7) is 0.607. The Labute approximate surface area is 175 Å². The minimum absolute atomic E-state index is 0.113. The molecule has 0 saturated carbocycles. The number of carbonyl (C=O) groups excluding carboxylic acids is 1. The van der Waals surface area contributed by atoms with Gasteiger partial charge in [-0.05, 0) is 48.7 Å². The standard InChI is InChI=1S/C24H24N4O2/c1-28-23-21(16-26-28)20(15-22(27-23)18-10-12-19(30-2)13-11-18)24(29)25-14-6-9-17-7-4-3-5-8-17/h3-5,7-8,10-13,15-16H,6,9,14H2,1-2H3,(H,25,29). The fourth-order valence-electron chi connectivity index (χ4n) is 3.45. The monoisotopic (exact) mass is 400 g/mol. The lowest BCUT2D eigenvalue weighted by Crippen LogP contribution is -2.25. The predicted octanol–water partition coefficient (Wildman–Crippen LogP) is 4.01. The van der Waals surface area contributed by atoms with Crippen LogP contribution in [0.15, 0.2) is 66.9 Å². The van der Waals surface area contributed by atoms with E-state index in [0.717, 1.165) is 35.2 Å². The minimum atomic E-state index is -0.113. The summed E-state index contributed by atoms with van der Waals surface area (Å²) in [5.41, 5.74) is 4.17. The molecular formula is C24H24N4O2. The first-order valence-electron chi connectivity index (χ1n) is 9.95. The average molecular weight is 400 g/mol. The van der Waals surface area contributed by atoms with Crippen molar-refractivity contribution in [2.24, 2.45) is 7.05 Å². The average Bonchev–Trinajstić information content (AvgIpc) is 3.17. The van der Waals surface area contributed by atoms with Crippen LogP contribution in [0.2, 0.25) is 0 Å². The third-order valence-corrected chi connectivity index (χ3v) is 5.11. The van der Waals surface area contributed by atoms with Gasteiger partial charge in [0.1, 0.15) is 5.75 Å². The van der Waals surface area contributed by atoms with Crippen molar-refractivity contribution in [1.29, 1.82) is 0 Å². The highest BCUT2D eigenvalue weighted by atomic mass is 16.5. The van der Waals surface area contributed by atoms with E-state index in [2.05, 4.69) is 22.5 Å². The molecule has 6 heteroatoms. The van der Waals surface area contributed by atoms with Crippen molar-refractivity contribution in [3.8, 4) is 17.0 Å². The van der Waals surface area contributed by atoms with Crippen LogP contribution in [0.25, 0.3) is 22.3 Å². The Morgan fingerprint density at radius 3 is 2.60 bits per heavy atom. The lowest BCUT2D eigenvalue weighted by Gasteiger charge is -2.09. The van der Waals surface area contributed by atoms with Gasteiger partial charge in [-0.3, -0.25) is 9.48 Å². The van der Waals surface area contributed by atoms with Crippen molar-refractivity contribution in [3.63, 3.8) is 0 Å². The number of nitrogens with zero attached hydrogens (tertiary/aromatic N) is 3. The molecule has 0 atom stereocenters. The fourth-order valence-corrected chi connectivity index (χ4v) is 3.45. The maximum Gasteiger partial charge on any atom is 0.252 e. The molecule has 0 bridgehead atoms. The van der Waals surface area contributed by atoms with Crippen LogP contribution in [0, 0.1) is 0 Å². The van der Waals surface area contributed by atoms with Gasteiger partial charge in [0.2, 0.25) is 0 Å². The van der Waals surface area contributed by atoms with Gasteiger partial charge in [0, 0.05) is 19.2 Å². The van der Waals surface area contributed by atoms with Gasteiger partial charge in [0.15, 0.2) is 5.65 Å². The van der Waals surface area contributed by atoms with Crippen LogP contribution < -0.4 is 10.1 Å². The van der Waals surface area contributed by atoms with E-state index >= 15 is 0 Å². The van der Waals surface area contributed by atoms with Gasteiger partial charge in [0.05, 0.1) is 30.0 Å². The number of nitrogens with one attached hydrogen (secondary N) is 1. The number of benzene rings is 2. The first kappa shape index (κ1) is 19.6. The molecule has 1 N–H and O–H groups in total. The molecule has 2 aromatic carbocycles. The minimum Gasteiger partial charge on any atom is -0.497 e. The number of hydrogen-bond donors (Lipinski definition) is 1. The Morgan fingerprint density at radius 1 is 1.10 bits per heavy atom. The predicted molar refractivity (Wildman–Crippen MR) is 118 cm³/mol. The number of rotatable bonds is 7. The fraction of sp³-hybridized carbons (Fsp3) is 0.208. The lowest BCUT2D eigenvalue weighted by molar-refractivity contribution is 0.0955. The molecule has 0 unspecified atom stereocenters. The van der Waals surface area contributed by atoms with Crippen LogP contribution in [-0.4, -0.2) is 34.3 Å². The van der Waals surface area contributed by atoms with Gasteiger partial charge in [-0.1, -0.05) is 30.3 Å². The molecule has 1 amide bonds. The Balaban J connectivity index is 1.55. The van der Waals surface area contributed by atoms with Crippen LogP contribution in [0.1, 0.15) is 22.3 Å². The third kappa shape index (κ3) is 4.17. The first-order valence-corrected chi connectivity index (χ1v) is 9.95. The van der Waals surface area contributed by atoms with Gasteiger partial charge >= 0.3 is 0 Å². The zero-order valence-electron chi connectivity index (χ0n) is 17.1. The van der Waals surface area contributed by atoms with E-state index in [4.69, 9.17) is 9.72 Å². The molecule has 0 spiro atoms. The molecule has 30 heavy (non-hydrogen) atoms. The van der Waals surface area contributed by atoms with E-state index in [-0.39, 0.29) is 5.91 Å². The highest BCUT2D eigenvalue weighted by molar-refractivity contribution is 6.06. The molecule has 0 fully saturated rings. The molecule has 0 aliphatic rings. The Morgan fingerprint density at radius 2 is 1.87 bits per heavy atom. The largest absolute Gasteiger partial charge is 0.497 e. The van der Waals surface area contributed by atoms with Gasteiger partial charge in [-0.15, -0.1) is 0 Å². The summed E-state index contributed by atoms with van der Waals surface area (Å²) >= 11 is 0. The van der Waals surface area contributed by atoms with Crippen LogP contribution in [0.5, 0.6) is 5.75 Å². The van der Waals surface area contributed by atoms with Crippen molar-refractivity contribution < 1.29 is 9.53 Å². The zero-order valence-corrected chi connectivity index (χ0v) is 17.1. The summed E-state index contributed by atoms with van der Waals surface area (Å²) in [4.78, 5) is 17.7. The van der Waals surface area contributed by atoms with E-state index < -0.39 is 0 Å². The molecule has 4 rings (SSSR count). The molecule has 2 heterocycles. The number of aryl methyl sites for hydroxylation is 2. The maximum atomic E-state index is 13.0. The van der Waals surface area contributed by atoms with E-state index in [1.165, 1.54) is 5.56 Å². The van der Waals surface area contributed by atoms with Crippen molar-refractivity contribution in [2.75, 3.05) is 13.7 Å². The second-order valence-electron chi connectivity index (χ2n) is 7.13. The number of ether oxygens (including phenoxy) is 1. The third-order valence-electron chi connectivity index (χ3n) is 5.11. The van der Waals surface area contributed by atoms with Crippen LogP contribution in [0.4, 0.5) is 0 Å². The molecule has 0 aliphatic heterocycles. The summed E-state index contributed by atoms with van der Waals surface area (Å²) in [6, 6.07) is 19.7. The van der Waals surface area contributed by atoms with Crippen LogP contribution >= 0.6 is 0 Å². The normalized spacial score (nSPS) is 10.9. The van der Waals surface area contributed by atoms with Gasteiger partial charge < -0.3 is 10.1 Å². The van der Waals surface area contributed by atoms with E-state index in [1.807, 2.05) is 55.6 Å². The summed E-state index contributed by atoms with van der Waals surface area (Å²) < 4.78 is 6.92. The van der Waals surface area contributed by atoms with Gasteiger partial charge in [-0.25, -0.2) is 4.98 Å². The number of pyridine rings is 1. The first-order chi connectivity index (χ1) is 14.7. The van der Waals surface area contributed by atoms with Crippen LogP contribution in [-0.2, 0) is 13.5 Å². The maximum absolute atomic E-state index is 13.0. The quantitative estimate of drug-likeness (QED) is 0.476. The molecular weight excluding hydrogens is 376 g/mol. The molecule has 152 valence electrons. The lowest BCUT2D eigenvalue weighted by atomic mass is 10.1. The molecule has 0 aliphatic carbocycles. The Kier molecular flexibility index (Phi) is 5.75. The van der Waals surface area contributed by atoms with Gasteiger partial charge in [-0.2, -0.15) is 5.10 Å². The number of aromatic nitrogens is 3. The van der Waals surface area contributed by atoms with E-state index in [1.54, 1.807) is 18.0 Å². The smallest absolute Gasteiger partial charge is 0.252 e. The zero-order chi connectivity index (χ0) is 20.9. The summed E-state index contributed by atoms with van der Waals surface area (Å²) in [5.74, 6) is 0.662. The van der Waals surface area contributed by atoms with Gasteiger partial charge in [0.25, 0.3) is 5.91 Å².